The number of carbonyl (C=O) groups excluding carboxylic acids is 2. The minimum absolute atomic E-state index is 0.0340. The number of amides is 3. The van der Waals surface area contributed by atoms with E-state index in [4.69, 9.17) is 9.15 Å². The molecule has 0 bridgehead atoms. The van der Waals surface area contributed by atoms with Crippen molar-refractivity contribution in [3.63, 3.8) is 0 Å². The van der Waals surface area contributed by atoms with E-state index in [0.717, 1.165) is 10.5 Å². The molecule has 3 aromatic rings. The highest BCUT2D eigenvalue weighted by Crippen LogP contribution is 2.34. The number of ether oxygens (including phenoxy) is 1. The number of fused-ring (bicyclic) bond motifs is 1. The minimum atomic E-state index is -1.11. The van der Waals surface area contributed by atoms with Gasteiger partial charge in [0.2, 0.25) is 0 Å². The molecule has 0 radical (unpaired) electrons. The van der Waals surface area contributed by atoms with E-state index < -0.39 is 17.2 Å². The van der Waals surface area contributed by atoms with Crippen LogP contribution in [0.3, 0.4) is 0 Å². The summed E-state index contributed by atoms with van der Waals surface area (Å²) < 4.78 is 10.4. The normalized spacial score (nSPS) is 18.9. The number of rotatable bonds is 5. The molecule has 1 aliphatic rings. The zero-order valence-corrected chi connectivity index (χ0v) is 16.1. The molecule has 2 heterocycles. The molecule has 2 aromatic carbocycles. The van der Waals surface area contributed by atoms with Crippen molar-refractivity contribution in [3.8, 4) is 5.75 Å². The molecule has 1 aromatic heterocycles. The summed E-state index contributed by atoms with van der Waals surface area (Å²) in [4.78, 5) is 39.2. The molecule has 4 rings (SSSR count). The Morgan fingerprint density at radius 2 is 1.83 bits per heavy atom. The number of benzene rings is 2. The van der Waals surface area contributed by atoms with Crippen LogP contribution in [0.25, 0.3) is 11.0 Å². The van der Waals surface area contributed by atoms with E-state index in [0.29, 0.717) is 28.7 Å². The molecule has 1 saturated heterocycles. The molecule has 0 saturated carbocycles. The summed E-state index contributed by atoms with van der Waals surface area (Å²) in [6.07, 6.45) is 0.410. The molecule has 1 atom stereocenters. The first-order chi connectivity index (χ1) is 14.0. The van der Waals surface area contributed by atoms with Crippen molar-refractivity contribution in [1.29, 1.82) is 0 Å². The fourth-order valence-electron chi connectivity index (χ4n) is 3.77. The topological polar surface area (TPSA) is 88.8 Å². The van der Waals surface area contributed by atoms with Crippen LogP contribution in [0, 0.1) is 0 Å². The van der Waals surface area contributed by atoms with Gasteiger partial charge >= 0.3 is 11.7 Å². The predicted octanol–water partition coefficient (Wildman–Crippen LogP) is 3.16. The zero-order valence-electron chi connectivity index (χ0n) is 16.1. The highest BCUT2D eigenvalue weighted by molar-refractivity contribution is 6.07. The number of nitrogens with zero attached hydrogens (tertiary/aromatic N) is 1. The SMILES string of the molecule is CC[C@]1(c2ccccc2)NC(=O)N(Cc2cc(=O)oc3cc(OC)ccc23)C1=O. The number of nitrogens with one attached hydrogen (secondary N) is 1. The van der Waals surface area contributed by atoms with E-state index in [-0.39, 0.29) is 12.5 Å². The van der Waals surface area contributed by atoms with E-state index in [1.165, 1.54) is 13.2 Å². The number of hydrogen-bond acceptors (Lipinski definition) is 5. The van der Waals surface area contributed by atoms with Gasteiger partial charge in [-0.2, -0.15) is 0 Å². The zero-order chi connectivity index (χ0) is 20.6. The number of methoxy groups -OCH3 is 1. The van der Waals surface area contributed by atoms with Gasteiger partial charge in [-0.15, -0.1) is 0 Å². The van der Waals surface area contributed by atoms with Gasteiger partial charge in [-0.3, -0.25) is 9.69 Å². The standard InChI is InChI=1S/C22H20N2O5/c1-3-22(15-7-5-4-6-8-15)20(26)24(21(27)23-22)13-14-11-19(25)29-18-12-16(28-2)9-10-17(14)18/h4-12H,3,13H2,1-2H3,(H,23,27)/t22-/m1/s1. The van der Waals surface area contributed by atoms with Crippen LogP contribution in [-0.2, 0) is 16.9 Å². The quantitative estimate of drug-likeness (QED) is 0.532. The molecule has 29 heavy (non-hydrogen) atoms. The molecule has 148 valence electrons. The van der Waals surface area contributed by atoms with Crippen molar-refractivity contribution in [1.82, 2.24) is 10.2 Å². The molecular formula is C22H20N2O5. The Balaban J connectivity index is 1.74. The second kappa shape index (κ2) is 7.09. The smallest absolute Gasteiger partial charge is 0.336 e. The van der Waals surface area contributed by atoms with Crippen LogP contribution in [0.5, 0.6) is 5.75 Å². The Labute approximate surface area is 166 Å². The predicted molar refractivity (Wildman–Crippen MR) is 107 cm³/mol. The second-order valence-corrected chi connectivity index (χ2v) is 6.90. The summed E-state index contributed by atoms with van der Waals surface area (Å²) in [7, 11) is 1.52. The first-order valence-electron chi connectivity index (χ1n) is 9.29. The molecule has 3 amide bonds. The fraction of sp³-hybridized carbons (Fsp3) is 0.227. The van der Waals surface area contributed by atoms with Crippen LogP contribution in [0.1, 0.15) is 24.5 Å². The van der Waals surface area contributed by atoms with Crippen LogP contribution in [0.15, 0.2) is 63.8 Å². The van der Waals surface area contributed by atoms with Gasteiger partial charge in [-0.05, 0) is 29.7 Å². The first kappa shape index (κ1) is 18.7. The number of carbonyl (C=O) groups is 2. The van der Waals surface area contributed by atoms with E-state index in [2.05, 4.69) is 5.32 Å². The van der Waals surface area contributed by atoms with Crippen molar-refractivity contribution in [2.75, 3.05) is 7.11 Å². The van der Waals surface area contributed by atoms with Gasteiger partial charge in [0.25, 0.3) is 5.91 Å². The van der Waals surface area contributed by atoms with E-state index in [1.54, 1.807) is 18.2 Å². The van der Waals surface area contributed by atoms with Gasteiger partial charge in [0, 0.05) is 17.5 Å². The maximum atomic E-state index is 13.3. The molecule has 0 unspecified atom stereocenters. The third-order valence-corrected chi connectivity index (χ3v) is 5.34. The summed E-state index contributed by atoms with van der Waals surface area (Å²) in [5.74, 6) is 0.202. The molecule has 0 aliphatic carbocycles. The maximum absolute atomic E-state index is 13.3. The average molecular weight is 392 g/mol. The first-order valence-corrected chi connectivity index (χ1v) is 9.29. The van der Waals surface area contributed by atoms with Crippen molar-refractivity contribution in [2.45, 2.75) is 25.4 Å². The lowest BCUT2D eigenvalue weighted by atomic mass is 9.87. The average Bonchev–Trinajstić information content (AvgIpc) is 2.98. The molecule has 7 heteroatoms. The number of hydrogen-bond donors (Lipinski definition) is 1. The van der Waals surface area contributed by atoms with Crippen LogP contribution in [0.4, 0.5) is 4.79 Å². The summed E-state index contributed by atoms with van der Waals surface area (Å²) in [5.41, 5.74) is -0.0779. The van der Waals surface area contributed by atoms with E-state index >= 15 is 0 Å². The summed E-state index contributed by atoms with van der Waals surface area (Å²) in [6, 6.07) is 15.1. The Morgan fingerprint density at radius 1 is 1.07 bits per heavy atom. The monoisotopic (exact) mass is 392 g/mol. The van der Waals surface area contributed by atoms with Crippen LogP contribution in [-0.4, -0.2) is 23.9 Å². The molecule has 1 fully saturated rings. The van der Waals surface area contributed by atoms with Crippen molar-refractivity contribution >= 4 is 22.9 Å². The molecule has 7 nitrogen and oxygen atoms in total. The maximum Gasteiger partial charge on any atom is 0.336 e. The lowest BCUT2D eigenvalue weighted by Crippen LogP contribution is -2.43. The Hall–Kier alpha value is -3.61. The van der Waals surface area contributed by atoms with E-state index in [1.807, 2.05) is 37.3 Å². The Kier molecular flexibility index (Phi) is 4.58. The summed E-state index contributed by atoms with van der Waals surface area (Å²) in [6.45, 7) is 1.82. The molecular weight excluding hydrogens is 372 g/mol. The van der Waals surface area contributed by atoms with Crippen LogP contribution in [0.2, 0.25) is 0 Å². The lowest BCUT2D eigenvalue weighted by molar-refractivity contribution is -0.132. The molecule has 0 spiro atoms. The van der Waals surface area contributed by atoms with Crippen molar-refractivity contribution in [3.05, 3.63) is 76.1 Å². The highest BCUT2D eigenvalue weighted by Gasteiger charge is 2.51. The summed E-state index contributed by atoms with van der Waals surface area (Å²) in [5, 5.41) is 3.49. The van der Waals surface area contributed by atoms with Crippen LogP contribution >= 0.6 is 0 Å². The fourth-order valence-corrected chi connectivity index (χ4v) is 3.77. The van der Waals surface area contributed by atoms with Gasteiger partial charge in [-0.25, -0.2) is 9.59 Å². The Bertz CT molecular complexity index is 1150. The van der Waals surface area contributed by atoms with Crippen molar-refractivity contribution in [2.24, 2.45) is 0 Å². The van der Waals surface area contributed by atoms with Gasteiger partial charge in [0.05, 0.1) is 13.7 Å². The van der Waals surface area contributed by atoms with Gasteiger partial charge < -0.3 is 14.5 Å². The van der Waals surface area contributed by atoms with Gasteiger partial charge in [-0.1, -0.05) is 37.3 Å². The Morgan fingerprint density at radius 3 is 2.52 bits per heavy atom. The van der Waals surface area contributed by atoms with Crippen molar-refractivity contribution < 1.29 is 18.7 Å². The van der Waals surface area contributed by atoms with Crippen LogP contribution < -0.4 is 15.7 Å². The molecule has 1 N–H and O–H groups in total. The lowest BCUT2D eigenvalue weighted by Gasteiger charge is -2.25. The number of urea groups is 1. The largest absolute Gasteiger partial charge is 0.497 e. The second-order valence-electron chi connectivity index (χ2n) is 6.90. The van der Waals surface area contributed by atoms with Gasteiger partial charge in [0.15, 0.2) is 0 Å². The summed E-state index contributed by atoms with van der Waals surface area (Å²) >= 11 is 0. The van der Waals surface area contributed by atoms with Gasteiger partial charge in [0.1, 0.15) is 16.9 Å². The minimum Gasteiger partial charge on any atom is -0.497 e. The third-order valence-electron chi connectivity index (χ3n) is 5.34. The third kappa shape index (κ3) is 3.04. The highest BCUT2D eigenvalue weighted by atomic mass is 16.5. The molecule has 1 aliphatic heterocycles. The number of imide groups is 1. The van der Waals surface area contributed by atoms with E-state index in [9.17, 15) is 14.4 Å².